The summed E-state index contributed by atoms with van der Waals surface area (Å²) in [6.45, 7) is 10.5. The summed E-state index contributed by atoms with van der Waals surface area (Å²) < 4.78 is 25.5. The number of anilines is 3. The lowest BCUT2D eigenvalue weighted by molar-refractivity contribution is -0.113. The van der Waals surface area contributed by atoms with E-state index in [9.17, 15) is 14.0 Å². The molecule has 2 aliphatic rings. The second kappa shape index (κ2) is 10.1. The minimum Gasteiger partial charge on any atom is -0.482 e. The highest BCUT2D eigenvalue weighted by Crippen LogP contribution is 2.30. The van der Waals surface area contributed by atoms with Crippen molar-refractivity contribution in [2.45, 2.75) is 19.4 Å². The molecule has 0 radical (unpaired) electrons. The van der Waals surface area contributed by atoms with Crippen LogP contribution in [-0.2, 0) is 16.0 Å². The van der Waals surface area contributed by atoms with Gasteiger partial charge in [-0.15, -0.1) is 0 Å². The molecule has 3 heterocycles. The number of nitrogens with zero attached hydrogens (tertiary/aromatic N) is 4. The number of carbonyl (C=O) groups is 2. The molecule has 2 N–H and O–H groups in total. The zero-order chi connectivity index (χ0) is 25.1. The molecule has 184 valence electrons. The van der Waals surface area contributed by atoms with Gasteiger partial charge in [0.1, 0.15) is 18.5 Å². The summed E-state index contributed by atoms with van der Waals surface area (Å²) in [5.41, 5.74) is 2.40. The quantitative estimate of drug-likeness (QED) is 0.437. The van der Waals surface area contributed by atoms with Gasteiger partial charge < -0.3 is 25.0 Å². The molecule has 11 heteroatoms. The summed E-state index contributed by atoms with van der Waals surface area (Å²) >= 11 is 0. The fourth-order valence-corrected chi connectivity index (χ4v) is 4.00. The smallest absolute Gasteiger partial charge is 0.417 e. The van der Waals surface area contributed by atoms with E-state index >= 15 is 0 Å². The predicted molar refractivity (Wildman–Crippen MR) is 129 cm³/mol. The topological polar surface area (TPSA) is 109 Å². The van der Waals surface area contributed by atoms with Gasteiger partial charge in [-0.2, -0.15) is 4.98 Å². The molecule has 2 aromatic rings. The van der Waals surface area contributed by atoms with Crippen molar-refractivity contribution in [1.29, 1.82) is 0 Å². The van der Waals surface area contributed by atoms with E-state index in [4.69, 9.17) is 9.47 Å². The van der Waals surface area contributed by atoms with Gasteiger partial charge >= 0.3 is 6.09 Å². The van der Waals surface area contributed by atoms with Gasteiger partial charge in [0.15, 0.2) is 11.6 Å². The molecule has 0 spiro atoms. The van der Waals surface area contributed by atoms with Crippen LogP contribution in [0.25, 0.3) is 0 Å². The summed E-state index contributed by atoms with van der Waals surface area (Å²) in [6.07, 6.45) is 2.04. The number of carbonyl (C=O) groups excluding carboxylic acids is 2. The average Bonchev–Trinajstić information content (AvgIpc) is 3.22. The van der Waals surface area contributed by atoms with Crippen LogP contribution in [0.5, 0.6) is 5.75 Å². The Labute approximate surface area is 202 Å². The molecule has 0 bridgehead atoms. The summed E-state index contributed by atoms with van der Waals surface area (Å²) in [6, 6.07) is 3.03. The summed E-state index contributed by atoms with van der Waals surface area (Å²) in [7, 11) is 1.59. The molecule has 0 aliphatic carbocycles. The fourth-order valence-electron chi connectivity index (χ4n) is 4.00. The number of likely N-dealkylation sites (N-methyl/N-ethyl adjacent to an activating group) is 1. The Morgan fingerprint density at radius 1 is 1.46 bits per heavy atom. The first kappa shape index (κ1) is 24.1. The Morgan fingerprint density at radius 3 is 3.03 bits per heavy atom. The zero-order valence-electron chi connectivity index (χ0n) is 19.6. The largest absolute Gasteiger partial charge is 0.482 e. The highest BCUT2D eigenvalue weighted by molar-refractivity contribution is 6.01. The molecule has 1 atom stereocenters. The maximum atomic E-state index is 14.6. The number of amides is 2. The van der Waals surface area contributed by atoms with Crippen molar-refractivity contribution in [2.75, 3.05) is 48.4 Å². The highest BCUT2D eigenvalue weighted by Gasteiger charge is 2.34. The van der Waals surface area contributed by atoms with Crippen LogP contribution >= 0.6 is 0 Å². The van der Waals surface area contributed by atoms with Gasteiger partial charge in [-0.25, -0.2) is 19.1 Å². The van der Waals surface area contributed by atoms with Crippen LogP contribution in [0.4, 0.5) is 26.6 Å². The van der Waals surface area contributed by atoms with E-state index in [2.05, 4.69) is 33.8 Å². The van der Waals surface area contributed by atoms with Crippen LogP contribution in [0.3, 0.4) is 0 Å². The number of hydrogen-bond donors (Lipinski definition) is 2. The third-order valence-electron chi connectivity index (χ3n) is 5.75. The van der Waals surface area contributed by atoms with Crippen LogP contribution in [0.2, 0.25) is 0 Å². The van der Waals surface area contributed by atoms with Crippen LogP contribution in [-0.4, -0.2) is 61.4 Å². The molecule has 0 saturated carbocycles. The Bertz CT molecular complexity index is 1190. The first-order valence-electron chi connectivity index (χ1n) is 11.1. The van der Waals surface area contributed by atoms with Crippen molar-refractivity contribution in [1.82, 2.24) is 15.3 Å². The van der Waals surface area contributed by atoms with Gasteiger partial charge in [-0.3, -0.25) is 4.79 Å². The minimum atomic E-state index is -0.552. The maximum absolute atomic E-state index is 14.6. The number of benzene rings is 1. The number of rotatable bonds is 8. The number of fused-ring (bicyclic) bond motifs is 1. The number of aromatic nitrogens is 2. The number of nitrogens with one attached hydrogen (secondary N) is 2. The third kappa shape index (κ3) is 5.09. The van der Waals surface area contributed by atoms with E-state index in [1.165, 1.54) is 28.1 Å². The molecule has 4 rings (SSSR count). The lowest BCUT2D eigenvalue weighted by Crippen LogP contribution is -2.33. The first-order chi connectivity index (χ1) is 16.8. The van der Waals surface area contributed by atoms with Crippen LogP contribution in [0.1, 0.15) is 11.1 Å². The van der Waals surface area contributed by atoms with Gasteiger partial charge in [-0.05, 0) is 37.6 Å². The van der Waals surface area contributed by atoms with E-state index in [1.54, 1.807) is 13.1 Å². The number of aryl methyl sites for hydroxylation is 1. The Balaban J connectivity index is 1.35. The Hall–Kier alpha value is -3.99. The molecule has 2 amide bonds. The SMILES string of the molecule is C=CC(=O)N(C)c1c(C)ccc(F)c1CCNC[C@H]1CN(c2ncc3c(n2)NC(=C)CO3)C(=O)O1. The highest BCUT2D eigenvalue weighted by atomic mass is 19.1. The van der Waals surface area contributed by atoms with Crippen molar-refractivity contribution in [3.63, 3.8) is 0 Å². The number of halogens is 1. The molecule has 1 aromatic heterocycles. The zero-order valence-corrected chi connectivity index (χ0v) is 19.6. The summed E-state index contributed by atoms with van der Waals surface area (Å²) in [5, 5.41) is 6.22. The van der Waals surface area contributed by atoms with E-state index in [-0.39, 0.29) is 24.2 Å². The van der Waals surface area contributed by atoms with Crippen LogP contribution in [0, 0.1) is 12.7 Å². The second-order valence-electron chi connectivity index (χ2n) is 8.26. The number of ether oxygens (including phenoxy) is 2. The van der Waals surface area contributed by atoms with Crippen LogP contribution < -0.4 is 25.2 Å². The molecule has 1 aromatic carbocycles. The van der Waals surface area contributed by atoms with Crippen molar-refractivity contribution in [3.8, 4) is 5.75 Å². The van der Waals surface area contributed by atoms with Crippen molar-refractivity contribution >= 4 is 29.5 Å². The van der Waals surface area contributed by atoms with Crippen molar-refractivity contribution < 1.29 is 23.5 Å². The maximum Gasteiger partial charge on any atom is 0.417 e. The molecule has 1 fully saturated rings. The molecule has 1 saturated heterocycles. The van der Waals surface area contributed by atoms with E-state index < -0.39 is 12.2 Å². The molecule has 0 unspecified atom stereocenters. The Kier molecular flexibility index (Phi) is 6.97. The third-order valence-corrected chi connectivity index (χ3v) is 5.75. The van der Waals surface area contributed by atoms with Gasteiger partial charge in [0.2, 0.25) is 11.9 Å². The lowest BCUT2D eigenvalue weighted by Gasteiger charge is -2.22. The average molecular weight is 483 g/mol. The predicted octanol–water partition coefficient (Wildman–Crippen LogP) is 2.55. The number of hydrogen-bond acceptors (Lipinski definition) is 8. The Morgan fingerprint density at radius 2 is 2.26 bits per heavy atom. The second-order valence-corrected chi connectivity index (χ2v) is 8.26. The lowest BCUT2D eigenvalue weighted by atomic mass is 10.0. The van der Waals surface area contributed by atoms with E-state index in [1.807, 2.05) is 6.92 Å². The minimum absolute atomic E-state index is 0.198. The van der Waals surface area contributed by atoms with Crippen LogP contribution in [0.15, 0.2) is 43.3 Å². The van der Waals surface area contributed by atoms with Gasteiger partial charge in [-0.1, -0.05) is 19.2 Å². The van der Waals surface area contributed by atoms with Crippen molar-refractivity contribution in [2.24, 2.45) is 0 Å². The summed E-state index contributed by atoms with van der Waals surface area (Å²) in [4.78, 5) is 35.8. The van der Waals surface area contributed by atoms with Gasteiger partial charge in [0.25, 0.3) is 0 Å². The van der Waals surface area contributed by atoms with Gasteiger partial charge in [0, 0.05) is 24.9 Å². The van der Waals surface area contributed by atoms with Crippen molar-refractivity contribution in [3.05, 3.63) is 60.2 Å². The number of cyclic esters (lactones) is 1. The monoisotopic (exact) mass is 482 g/mol. The molecular formula is C24H27FN6O4. The van der Waals surface area contributed by atoms with Gasteiger partial charge in [0.05, 0.1) is 18.4 Å². The molecule has 2 aliphatic heterocycles. The molecular weight excluding hydrogens is 455 g/mol. The van der Waals surface area contributed by atoms with E-state index in [0.29, 0.717) is 54.6 Å². The molecule has 35 heavy (non-hydrogen) atoms. The fraction of sp³-hybridized carbons (Fsp3) is 0.333. The summed E-state index contributed by atoms with van der Waals surface area (Å²) in [5.74, 6) is 0.413. The normalized spacial score (nSPS) is 16.8. The standard InChI is InChI=1S/C24H27FN6O4/c1-5-20(32)30(4)21-14(2)6-7-18(25)17(21)8-9-26-10-16-12-31(24(33)35-16)23-27-11-19-22(29-23)28-15(3)13-34-19/h5-7,11,16,26H,1,3,8-10,12-13H2,2,4H3,(H,27,28,29)/t16-/m0/s1. The molecule has 10 nitrogen and oxygen atoms in total. The first-order valence-corrected chi connectivity index (χ1v) is 11.1. The van der Waals surface area contributed by atoms with E-state index in [0.717, 1.165) is 5.56 Å².